The zero-order valence-corrected chi connectivity index (χ0v) is 18.1. The van der Waals surface area contributed by atoms with E-state index in [1.165, 1.54) is 4.57 Å². The monoisotopic (exact) mass is 437 g/mol. The Bertz CT molecular complexity index is 1190. The molecular weight excluding hydrogens is 410 g/mol. The maximum atomic E-state index is 13.2. The summed E-state index contributed by atoms with van der Waals surface area (Å²) >= 11 is 0. The van der Waals surface area contributed by atoms with Gasteiger partial charge in [0, 0.05) is 43.9 Å². The lowest BCUT2D eigenvalue weighted by molar-refractivity contribution is 0.101. The molecule has 1 aliphatic carbocycles. The predicted molar refractivity (Wildman–Crippen MR) is 119 cm³/mol. The third kappa shape index (κ3) is 4.25. The highest BCUT2D eigenvalue weighted by Gasteiger charge is 2.24. The molecule has 0 unspecified atom stereocenters. The van der Waals surface area contributed by atoms with Gasteiger partial charge in [0.25, 0.3) is 11.5 Å². The Balaban J connectivity index is 1.48. The molecule has 3 aromatic rings. The molecule has 1 aliphatic heterocycles. The number of ether oxygens (including phenoxy) is 2. The van der Waals surface area contributed by atoms with Gasteiger partial charge in [-0.05, 0) is 50.3 Å². The van der Waals surface area contributed by atoms with Crippen molar-refractivity contribution in [1.82, 2.24) is 19.3 Å². The molecule has 3 aromatic heterocycles. The number of rotatable bonds is 6. The van der Waals surface area contributed by atoms with E-state index in [0.29, 0.717) is 17.1 Å². The maximum absolute atomic E-state index is 13.2. The molecule has 5 rings (SSSR count). The SMILES string of the molecule is Cn1cccc(NC(=O)c2cc3cn(C[C@@H]4CCOC4)nc3nc2OC2CCCC2)c1=O. The molecule has 4 heterocycles. The van der Waals surface area contributed by atoms with Crippen LogP contribution in [0.3, 0.4) is 0 Å². The highest BCUT2D eigenvalue weighted by Crippen LogP contribution is 2.28. The summed E-state index contributed by atoms with van der Waals surface area (Å²) in [5.74, 6) is 0.271. The minimum Gasteiger partial charge on any atom is -0.474 e. The maximum Gasteiger partial charge on any atom is 0.274 e. The fourth-order valence-corrected chi connectivity index (χ4v) is 4.37. The number of hydrogen-bond acceptors (Lipinski definition) is 6. The molecule has 9 heteroatoms. The van der Waals surface area contributed by atoms with Crippen LogP contribution in [0.4, 0.5) is 5.69 Å². The molecule has 2 fully saturated rings. The molecule has 0 spiro atoms. The summed E-state index contributed by atoms with van der Waals surface area (Å²) in [4.78, 5) is 30.1. The minimum absolute atomic E-state index is 0.0359. The van der Waals surface area contributed by atoms with Gasteiger partial charge in [-0.1, -0.05) is 0 Å². The van der Waals surface area contributed by atoms with E-state index in [-0.39, 0.29) is 23.2 Å². The zero-order chi connectivity index (χ0) is 22.1. The van der Waals surface area contributed by atoms with Gasteiger partial charge >= 0.3 is 0 Å². The van der Waals surface area contributed by atoms with Crippen molar-refractivity contribution in [2.24, 2.45) is 13.0 Å². The number of carbonyl (C=O) groups excluding carboxylic acids is 1. The van der Waals surface area contributed by atoms with E-state index in [9.17, 15) is 9.59 Å². The van der Waals surface area contributed by atoms with Gasteiger partial charge < -0.3 is 19.4 Å². The first-order chi connectivity index (χ1) is 15.6. The van der Waals surface area contributed by atoms with Crippen molar-refractivity contribution in [3.8, 4) is 5.88 Å². The minimum atomic E-state index is -0.423. The number of pyridine rings is 2. The lowest BCUT2D eigenvalue weighted by Crippen LogP contribution is -2.24. The molecule has 0 aromatic carbocycles. The number of amides is 1. The summed E-state index contributed by atoms with van der Waals surface area (Å²) in [5.41, 5.74) is 0.784. The van der Waals surface area contributed by atoms with Crippen LogP contribution >= 0.6 is 0 Å². The Hall–Kier alpha value is -3.20. The smallest absolute Gasteiger partial charge is 0.274 e. The van der Waals surface area contributed by atoms with Gasteiger partial charge in [0.15, 0.2) is 5.65 Å². The third-order valence-corrected chi connectivity index (χ3v) is 6.17. The quantitative estimate of drug-likeness (QED) is 0.637. The van der Waals surface area contributed by atoms with E-state index in [4.69, 9.17) is 9.47 Å². The van der Waals surface area contributed by atoms with E-state index in [0.717, 1.165) is 57.2 Å². The number of nitrogens with zero attached hydrogens (tertiary/aromatic N) is 4. The Kier molecular flexibility index (Phi) is 5.65. The number of aryl methyl sites for hydroxylation is 1. The average Bonchev–Trinajstić information content (AvgIpc) is 3.53. The topological polar surface area (TPSA) is 100 Å². The molecule has 0 bridgehead atoms. The van der Waals surface area contributed by atoms with Crippen LogP contribution in [-0.2, 0) is 18.3 Å². The van der Waals surface area contributed by atoms with Crippen LogP contribution in [0.15, 0.2) is 35.4 Å². The molecule has 2 aliphatic rings. The normalized spacial score (nSPS) is 19.0. The molecule has 1 atom stereocenters. The number of carbonyl (C=O) groups is 1. The first-order valence-electron chi connectivity index (χ1n) is 11.2. The lowest BCUT2D eigenvalue weighted by Gasteiger charge is -2.15. The summed E-state index contributed by atoms with van der Waals surface area (Å²) in [6.45, 7) is 2.27. The first kappa shape index (κ1) is 20.7. The first-order valence-corrected chi connectivity index (χ1v) is 11.2. The molecule has 0 radical (unpaired) electrons. The van der Waals surface area contributed by atoms with Crippen LogP contribution in [0.5, 0.6) is 5.88 Å². The van der Waals surface area contributed by atoms with Crippen molar-refractivity contribution in [2.75, 3.05) is 18.5 Å². The number of fused-ring (bicyclic) bond motifs is 1. The second kappa shape index (κ2) is 8.74. The van der Waals surface area contributed by atoms with Crippen molar-refractivity contribution >= 4 is 22.6 Å². The van der Waals surface area contributed by atoms with E-state index < -0.39 is 5.91 Å². The van der Waals surface area contributed by atoms with Gasteiger partial charge in [0.1, 0.15) is 17.4 Å². The van der Waals surface area contributed by atoms with Gasteiger partial charge in [-0.25, -0.2) is 0 Å². The van der Waals surface area contributed by atoms with Gasteiger partial charge in [-0.15, -0.1) is 0 Å². The van der Waals surface area contributed by atoms with Crippen LogP contribution in [0, 0.1) is 5.92 Å². The summed E-state index contributed by atoms with van der Waals surface area (Å²) in [6, 6.07) is 5.06. The fraction of sp³-hybridized carbons (Fsp3) is 0.478. The third-order valence-electron chi connectivity index (χ3n) is 6.17. The second-order valence-corrected chi connectivity index (χ2v) is 8.65. The Morgan fingerprint density at radius 2 is 2.16 bits per heavy atom. The molecule has 32 heavy (non-hydrogen) atoms. The molecule has 1 N–H and O–H groups in total. The van der Waals surface area contributed by atoms with E-state index in [2.05, 4.69) is 15.4 Å². The molecule has 1 saturated heterocycles. The average molecular weight is 438 g/mol. The Morgan fingerprint density at radius 3 is 2.94 bits per heavy atom. The lowest BCUT2D eigenvalue weighted by atomic mass is 10.1. The molecule has 9 nitrogen and oxygen atoms in total. The van der Waals surface area contributed by atoms with Crippen molar-refractivity contribution in [3.05, 3.63) is 46.5 Å². The van der Waals surface area contributed by atoms with Crippen molar-refractivity contribution in [3.63, 3.8) is 0 Å². The van der Waals surface area contributed by atoms with Crippen LogP contribution in [0.25, 0.3) is 11.0 Å². The van der Waals surface area contributed by atoms with Crippen LogP contribution in [-0.4, -0.2) is 44.6 Å². The Labute approximate surface area is 185 Å². The van der Waals surface area contributed by atoms with Gasteiger partial charge in [-0.3, -0.25) is 14.3 Å². The Morgan fingerprint density at radius 1 is 1.31 bits per heavy atom. The molecular formula is C23H27N5O4. The highest BCUT2D eigenvalue weighted by atomic mass is 16.5. The van der Waals surface area contributed by atoms with Crippen LogP contribution in [0.1, 0.15) is 42.5 Å². The van der Waals surface area contributed by atoms with Gasteiger partial charge in [0.05, 0.1) is 6.61 Å². The number of hydrogen-bond donors (Lipinski definition) is 1. The fourth-order valence-electron chi connectivity index (χ4n) is 4.37. The molecule has 1 amide bonds. The van der Waals surface area contributed by atoms with E-state index >= 15 is 0 Å². The van der Waals surface area contributed by atoms with Crippen molar-refractivity contribution < 1.29 is 14.3 Å². The van der Waals surface area contributed by atoms with Crippen molar-refractivity contribution in [2.45, 2.75) is 44.8 Å². The summed E-state index contributed by atoms with van der Waals surface area (Å²) in [7, 11) is 1.64. The summed E-state index contributed by atoms with van der Waals surface area (Å²) in [5, 5.41) is 8.09. The largest absolute Gasteiger partial charge is 0.474 e. The molecule has 1 saturated carbocycles. The number of anilines is 1. The number of aromatic nitrogens is 4. The second-order valence-electron chi connectivity index (χ2n) is 8.65. The van der Waals surface area contributed by atoms with Gasteiger partial charge in [0.2, 0.25) is 5.88 Å². The zero-order valence-electron chi connectivity index (χ0n) is 18.1. The van der Waals surface area contributed by atoms with E-state index in [1.807, 2.05) is 10.9 Å². The van der Waals surface area contributed by atoms with Crippen LogP contribution < -0.4 is 15.6 Å². The highest BCUT2D eigenvalue weighted by molar-refractivity contribution is 6.07. The van der Waals surface area contributed by atoms with Crippen LogP contribution in [0.2, 0.25) is 0 Å². The van der Waals surface area contributed by atoms with Gasteiger partial charge in [-0.2, -0.15) is 10.1 Å². The predicted octanol–water partition coefficient (Wildman–Crippen LogP) is 2.74. The summed E-state index contributed by atoms with van der Waals surface area (Å²) in [6.07, 6.45) is 8.68. The summed E-state index contributed by atoms with van der Waals surface area (Å²) < 4.78 is 14.9. The van der Waals surface area contributed by atoms with Crippen molar-refractivity contribution in [1.29, 1.82) is 0 Å². The number of nitrogens with one attached hydrogen (secondary N) is 1. The standard InChI is InChI=1S/C23H27N5O4/c1-27-9-4-7-19(23(27)30)24-21(29)18-11-16-13-28(12-15-8-10-31-14-15)26-20(16)25-22(18)32-17-5-2-3-6-17/h4,7,9,11,13,15,17H,2-3,5-6,8,10,12,14H2,1H3,(H,24,29)/t15-/m0/s1. The molecule has 168 valence electrons. The van der Waals surface area contributed by atoms with E-state index in [1.54, 1.807) is 31.4 Å².